The summed E-state index contributed by atoms with van der Waals surface area (Å²) in [6.07, 6.45) is -1.65. The zero-order valence-corrected chi connectivity index (χ0v) is 8.62. The molecule has 0 aliphatic carbocycles. The first-order valence-electron chi connectivity index (χ1n) is 4.64. The smallest absolute Gasteiger partial charge is 0.217 e. The van der Waals surface area contributed by atoms with E-state index in [2.05, 4.69) is 5.32 Å². The molecule has 4 nitrogen and oxygen atoms in total. The van der Waals surface area contributed by atoms with Crippen molar-refractivity contribution in [3.8, 4) is 0 Å². The molecule has 1 aliphatic heterocycles. The Bertz CT molecular complexity index is 210. The van der Waals surface area contributed by atoms with Crippen molar-refractivity contribution in [1.29, 1.82) is 0 Å². The lowest BCUT2D eigenvalue weighted by molar-refractivity contribution is -0.130. The van der Waals surface area contributed by atoms with Crippen LogP contribution in [0.1, 0.15) is 20.3 Å². The van der Waals surface area contributed by atoms with Gasteiger partial charge in [0.25, 0.3) is 0 Å². The predicted molar refractivity (Wildman–Crippen MR) is 48.5 cm³/mol. The molecule has 1 N–H and O–H groups in total. The first-order chi connectivity index (χ1) is 6.54. The quantitative estimate of drug-likeness (QED) is 0.734. The van der Waals surface area contributed by atoms with Gasteiger partial charge in [0.15, 0.2) is 6.29 Å². The van der Waals surface area contributed by atoms with Crippen LogP contribution in [-0.2, 0) is 14.3 Å². The maximum atomic E-state index is 13.1. The minimum atomic E-state index is -1.12. The lowest BCUT2D eigenvalue weighted by Crippen LogP contribution is -2.42. The highest BCUT2D eigenvalue weighted by molar-refractivity contribution is 5.73. The van der Waals surface area contributed by atoms with Gasteiger partial charge in [-0.2, -0.15) is 0 Å². The van der Waals surface area contributed by atoms with E-state index in [1.807, 2.05) is 0 Å². The lowest BCUT2D eigenvalue weighted by Gasteiger charge is -2.19. The maximum absolute atomic E-state index is 13.1. The van der Waals surface area contributed by atoms with Crippen molar-refractivity contribution in [3.05, 3.63) is 0 Å². The highest BCUT2D eigenvalue weighted by Crippen LogP contribution is 2.24. The molecule has 14 heavy (non-hydrogen) atoms. The molecule has 1 fully saturated rings. The second-order valence-electron chi connectivity index (χ2n) is 3.49. The number of nitrogens with one attached hydrogen (secondary N) is 1. The van der Waals surface area contributed by atoms with E-state index in [1.54, 1.807) is 0 Å². The number of hydrogen-bond donors (Lipinski definition) is 1. The van der Waals surface area contributed by atoms with Crippen LogP contribution < -0.4 is 5.32 Å². The molecule has 1 saturated heterocycles. The number of halogens is 1. The summed E-state index contributed by atoms with van der Waals surface area (Å²) in [4.78, 5) is 10.8. The van der Waals surface area contributed by atoms with Crippen molar-refractivity contribution >= 4 is 5.91 Å². The Morgan fingerprint density at radius 2 is 2.36 bits per heavy atom. The zero-order chi connectivity index (χ0) is 10.7. The van der Waals surface area contributed by atoms with Crippen molar-refractivity contribution in [2.45, 2.75) is 44.9 Å². The summed E-state index contributed by atoms with van der Waals surface area (Å²) < 4.78 is 23.3. The zero-order valence-electron chi connectivity index (χ0n) is 8.62. The van der Waals surface area contributed by atoms with Crippen molar-refractivity contribution < 1.29 is 18.7 Å². The van der Waals surface area contributed by atoms with Crippen LogP contribution in [0.3, 0.4) is 0 Å². The fraction of sp³-hybridized carbons (Fsp3) is 0.889. The molecule has 0 bridgehead atoms. The molecule has 1 rings (SSSR count). The van der Waals surface area contributed by atoms with Gasteiger partial charge in [-0.15, -0.1) is 0 Å². The largest absolute Gasteiger partial charge is 0.356 e. The minimum Gasteiger partial charge on any atom is -0.356 e. The number of methoxy groups -OCH3 is 1. The number of alkyl halides is 1. The third kappa shape index (κ3) is 2.65. The number of ether oxygens (including phenoxy) is 2. The Morgan fingerprint density at radius 3 is 2.79 bits per heavy atom. The molecule has 0 spiro atoms. The van der Waals surface area contributed by atoms with E-state index in [-0.39, 0.29) is 11.9 Å². The summed E-state index contributed by atoms with van der Waals surface area (Å²) in [5.74, 6) is -0.180. The summed E-state index contributed by atoms with van der Waals surface area (Å²) >= 11 is 0. The van der Waals surface area contributed by atoms with Gasteiger partial charge in [-0.05, 0) is 6.92 Å². The van der Waals surface area contributed by atoms with Crippen LogP contribution >= 0.6 is 0 Å². The third-order valence-corrected chi connectivity index (χ3v) is 2.26. The van der Waals surface area contributed by atoms with E-state index in [4.69, 9.17) is 9.47 Å². The topological polar surface area (TPSA) is 47.6 Å². The molecule has 1 aliphatic rings. The van der Waals surface area contributed by atoms with Crippen LogP contribution in [-0.4, -0.2) is 37.6 Å². The molecule has 1 amide bonds. The highest BCUT2D eigenvalue weighted by Gasteiger charge is 2.39. The molecule has 0 saturated carbocycles. The summed E-state index contributed by atoms with van der Waals surface area (Å²) in [5, 5.41) is 2.65. The fourth-order valence-corrected chi connectivity index (χ4v) is 1.65. The third-order valence-electron chi connectivity index (χ3n) is 2.26. The average Bonchev–Trinajstić information content (AvgIpc) is 2.46. The van der Waals surface area contributed by atoms with Gasteiger partial charge in [-0.3, -0.25) is 4.79 Å². The maximum Gasteiger partial charge on any atom is 0.217 e. The van der Waals surface area contributed by atoms with Crippen LogP contribution in [0, 0.1) is 0 Å². The van der Waals surface area contributed by atoms with Gasteiger partial charge >= 0.3 is 0 Å². The Kier molecular flexibility index (Phi) is 3.83. The molecular weight excluding hydrogens is 189 g/mol. The van der Waals surface area contributed by atoms with E-state index in [0.29, 0.717) is 6.42 Å². The first kappa shape index (κ1) is 11.4. The van der Waals surface area contributed by atoms with Gasteiger partial charge in [0.2, 0.25) is 5.91 Å². The average molecular weight is 205 g/mol. The van der Waals surface area contributed by atoms with Gasteiger partial charge in [-0.25, -0.2) is 4.39 Å². The van der Waals surface area contributed by atoms with E-state index >= 15 is 0 Å². The number of rotatable bonds is 3. The standard InChI is InChI=1S/C9H16FNO3/c1-5(10)9-7(11-6(2)12)4-8(13-3)14-9/h5,7-9H,4H2,1-3H3,(H,11,12). The van der Waals surface area contributed by atoms with Crippen molar-refractivity contribution in [2.75, 3.05) is 7.11 Å². The van der Waals surface area contributed by atoms with Gasteiger partial charge in [-0.1, -0.05) is 0 Å². The number of carbonyl (C=O) groups is 1. The summed E-state index contributed by atoms with van der Waals surface area (Å²) in [6.45, 7) is 2.82. The first-order valence-corrected chi connectivity index (χ1v) is 4.64. The van der Waals surface area contributed by atoms with Crippen LogP contribution in [0.15, 0.2) is 0 Å². The number of amides is 1. The molecule has 1 heterocycles. The molecule has 4 unspecified atom stereocenters. The Hall–Kier alpha value is -0.680. The normalized spacial score (nSPS) is 34.1. The SMILES string of the molecule is COC1CC(NC(C)=O)C(C(C)F)O1. The van der Waals surface area contributed by atoms with Crippen LogP contribution in [0.4, 0.5) is 4.39 Å². The molecule has 5 heteroatoms. The van der Waals surface area contributed by atoms with E-state index in [0.717, 1.165) is 0 Å². The number of carbonyl (C=O) groups excluding carboxylic acids is 1. The lowest BCUT2D eigenvalue weighted by atomic mass is 10.1. The fourth-order valence-electron chi connectivity index (χ4n) is 1.65. The highest BCUT2D eigenvalue weighted by atomic mass is 19.1. The van der Waals surface area contributed by atoms with E-state index in [1.165, 1.54) is 21.0 Å². The Balaban J connectivity index is 2.57. The predicted octanol–water partition coefficient (Wildman–Crippen LogP) is 0.610. The van der Waals surface area contributed by atoms with Crippen molar-refractivity contribution in [1.82, 2.24) is 5.32 Å². The van der Waals surface area contributed by atoms with Gasteiger partial charge < -0.3 is 14.8 Å². The molecule has 0 radical (unpaired) electrons. The van der Waals surface area contributed by atoms with E-state index < -0.39 is 18.6 Å². The second-order valence-corrected chi connectivity index (χ2v) is 3.49. The van der Waals surface area contributed by atoms with Crippen LogP contribution in [0.25, 0.3) is 0 Å². The van der Waals surface area contributed by atoms with Gasteiger partial charge in [0, 0.05) is 20.5 Å². The minimum absolute atomic E-state index is 0.180. The summed E-state index contributed by atoms with van der Waals surface area (Å²) in [5.41, 5.74) is 0. The molecule has 82 valence electrons. The molecule has 0 aromatic carbocycles. The number of hydrogen-bond acceptors (Lipinski definition) is 3. The van der Waals surface area contributed by atoms with Crippen LogP contribution in [0.2, 0.25) is 0 Å². The van der Waals surface area contributed by atoms with Gasteiger partial charge in [0.1, 0.15) is 12.3 Å². The van der Waals surface area contributed by atoms with Crippen LogP contribution in [0.5, 0.6) is 0 Å². The molecule has 0 aromatic rings. The molecular formula is C9H16FNO3. The summed E-state index contributed by atoms with van der Waals surface area (Å²) in [6, 6.07) is -0.294. The van der Waals surface area contributed by atoms with Gasteiger partial charge in [0.05, 0.1) is 6.04 Å². The Morgan fingerprint density at radius 1 is 1.71 bits per heavy atom. The summed E-state index contributed by atoms with van der Waals surface area (Å²) in [7, 11) is 1.50. The Labute approximate surface area is 82.8 Å². The molecule has 0 aromatic heterocycles. The molecule has 4 atom stereocenters. The second kappa shape index (κ2) is 4.70. The monoisotopic (exact) mass is 205 g/mol. The van der Waals surface area contributed by atoms with Crippen molar-refractivity contribution in [3.63, 3.8) is 0 Å². The van der Waals surface area contributed by atoms with Crippen molar-refractivity contribution in [2.24, 2.45) is 0 Å². The van der Waals surface area contributed by atoms with E-state index in [9.17, 15) is 9.18 Å².